The van der Waals surface area contributed by atoms with Crippen molar-refractivity contribution in [3.05, 3.63) is 11.6 Å². The Bertz CT molecular complexity index is 1080. The van der Waals surface area contributed by atoms with Crippen LogP contribution in [0.25, 0.3) is 0 Å². The van der Waals surface area contributed by atoms with Crippen LogP contribution in [0.4, 0.5) is 0 Å². The molecular weight excluding hydrogens is 438 g/mol. The lowest BCUT2D eigenvalue weighted by atomic mass is 9.32. The molecule has 190 valence electrons. The van der Waals surface area contributed by atoms with Crippen molar-refractivity contribution < 1.29 is 19.5 Å². The highest BCUT2D eigenvalue weighted by molar-refractivity contribution is 6.01. The van der Waals surface area contributed by atoms with Gasteiger partial charge in [-0.25, -0.2) is 0 Å². The lowest BCUT2D eigenvalue weighted by Crippen LogP contribution is -2.68. The summed E-state index contributed by atoms with van der Waals surface area (Å²) in [6.07, 6.45) is 7.93. The molecule has 4 fully saturated rings. The number of hydrogen-bond donors (Lipinski definition) is 1. The molecule has 1 N–H and O–H groups in total. The van der Waals surface area contributed by atoms with Crippen LogP contribution in [0.5, 0.6) is 0 Å². The molecule has 0 aliphatic heterocycles. The third-order valence-electron chi connectivity index (χ3n) is 12.5. The maximum absolute atomic E-state index is 14.2. The molecule has 5 aliphatic carbocycles. The van der Waals surface area contributed by atoms with Crippen LogP contribution in [0.3, 0.4) is 0 Å². The Labute approximate surface area is 209 Å². The summed E-state index contributed by atoms with van der Waals surface area (Å²) in [5.74, 6) is -0.944. The maximum atomic E-state index is 14.2. The second-order valence-electron chi connectivity index (χ2n) is 14.3. The number of rotatable bonds is 1. The lowest BCUT2D eigenvalue weighted by molar-refractivity contribution is -0.222. The minimum atomic E-state index is -0.792. The lowest BCUT2D eigenvalue weighted by Gasteiger charge is -2.71. The van der Waals surface area contributed by atoms with Gasteiger partial charge in [-0.05, 0) is 84.4 Å². The van der Waals surface area contributed by atoms with E-state index in [1.165, 1.54) is 0 Å². The van der Waals surface area contributed by atoms with Gasteiger partial charge in [0, 0.05) is 18.3 Å². The molecule has 5 heteroatoms. The summed E-state index contributed by atoms with van der Waals surface area (Å²) in [5, 5.41) is 20.2. The number of hydrogen-bond acceptors (Lipinski definition) is 4. The first kappa shape index (κ1) is 24.7. The van der Waals surface area contributed by atoms with Crippen LogP contribution in [0.1, 0.15) is 92.9 Å². The number of aliphatic carboxylic acids is 1. The van der Waals surface area contributed by atoms with Crippen LogP contribution in [0, 0.1) is 68.0 Å². The predicted molar refractivity (Wildman–Crippen MR) is 132 cm³/mol. The largest absolute Gasteiger partial charge is 0.481 e. The standard InChI is InChI=1S/C30H41NO4/c1-17-19-7-8-28(5)22(27(19,4)14-18(16-31)24(17)33)13-21(32)23-20-15-26(2,3)9-11-30(20,25(34)35)12-10-29(23,28)6/h14,17,19-20,22-23H,7-13,15H2,1-6H3,(H,34,35)/t17-,19-,20?,22+,23?,27-,28+,29+,30-/m0/s1. The van der Waals surface area contributed by atoms with Gasteiger partial charge in [0.05, 0.1) is 11.0 Å². The molecular formula is C30H41NO4. The fraction of sp³-hybridized carbons (Fsp3) is 0.800. The number of carbonyl (C=O) groups is 3. The van der Waals surface area contributed by atoms with Crippen LogP contribution in [0.2, 0.25) is 0 Å². The molecule has 0 heterocycles. The molecule has 4 saturated carbocycles. The predicted octanol–water partition coefficient (Wildman–Crippen LogP) is 5.98. The fourth-order valence-electron chi connectivity index (χ4n) is 10.3. The third-order valence-corrected chi connectivity index (χ3v) is 12.5. The molecule has 0 amide bonds. The Hall–Kier alpha value is -1.96. The summed E-state index contributed by atoms with van der Waals surface area (Å²) in [6.45, 7) is 13.2. The molecule has 0 radical (unpaired) electrons. The first-order valence-electron chi connectivity index (χ1n) is 13.6. The minimum absolute atomic E-state index is 0.0349. The van der Waals surface area contributed by atoms with Gasteiger partial charge in [-0.2, -0.15) is 5.26 Å². The number of nitrogens with zero attached hydrogens (tertiary/aromatic N) is 1. The highest BCUT2D eigenvalue weighted by Gasteiger charge is 2.72. The zero-order valence-electron chi connectivity index (χ0n) is 22.2. The van der Waals surface area contributed by atoms with E-state index in [9.17, 15) is 24.8 Å². The molecule has 5 rings (SSSR count). The van der Waals surface area contributed by atoms with Gasteiger partial charge in [0.2, 0.25) is 0 Å². The van der Waals surface area contributed by atoms with Crippen molar-refractivity contribution in [1.82, 2.24) is 0 Å². The molecule has 35 heavy (non-hydrogen) atoms. The average molecular weight is 480 g/mol. The summed E-state index contributed by atoms with van der Waals surface area (Å²) in [7, 11) is 0. The van der Waals surface area contributed by atoms with Crippen molar-refractivity contribution in [3.63, 3.8) is 0 Å². The van der Waals surface area contributed by atoms with Crippen LogP contribution < -0.4 is 0 Å². The Morgan fingerprint density at radius 2 is 1.66 bits per heavy atom. The van der Waals surface area contributed by atoms with Crippen LogP contribution in [0.15, 0.2) is 11.6 Å². The fourth-order valence-corrected chi connectivity index (χ4v) is 10.3. The normalized spacial score (nSPS) is 50.5. The average Bonchev–Trinajstić information content (AvgIpc) is 2.77. The summed E-state index contributed by atoms with van der Waals surface area (Å²) < 4.78 is 0. The Balaban J connectivity index is 1.64. The van der Waals surface area contributed by atoms with Crippen molar-refractivity contribution in [2.45, 2.75) is 92.9 Å². The van der Waals surface area contributed by atoms with Gasteiger partial charge in [0.1, 0.15) is 11.9 Å². The van der Waals surface area contributed by atoms with Gasteiger partial charge >= 0.3 is 5.97 Å². The summed E-state index contributed by atoms with van der Waals surface area (Å²) in [6, 6.07) is 2.15. The first-order valence-corrected chi connectivity index (χ1v) is 13.6. The molecule has 0 saturated heterocycles. The number of allylic oxidation sites excluding steroid dienone is 2. The van der Waals surface area contributed by atoms with Crippen LogP contribution in [-0.4, -0.2) is 22.6 Å². The smallest absolute Gasteiger partial charge is 0.309 e. The highest BCUT2D eigenvalue weighted by atomic mass is 16.4. The van der Waals surface area contributed by atoms with E-state index in [1.807, 2.05) is 13.0 Å². The number of carboxylic acids is 1. The van der Waals surface area contributed by atoms with Gasteiger partial charge in [-0.3, -0.25) is 14.4 Å². The van der Waals surface area contributed by atoms with Crippen molar-refractivity contribution in [2.24, 2.45) is 56.7 Å². The molecule has 2 unspecified atom stereocenters. The number of carbonyl (C=O) groups excluding carboxylic acids is 2. The van der Waals surface area contributed by atoms with Gasteiger partial charge in [0.15, 0.2) is 5.78 Å². The third kappa shape index (κ3) is 2.95. The van der Waals surface area contributed by atoms with Crippen molar-refractivity contribution in [1.29, 1.82) is 5.26 Å². The molecule has 0 spiro atoms. The van der Waals surface area contributed by atoms with Gasteiger partial charge in [-0.15, -0.1) is 0 Å². The topological polar surface area (TPSA) is 95.2 Å². The van der Waals surface area contributed by atoms with Crippen LogP contribution >= 0.6 is 0 Å². The van der Waals surface area contributed by atoms with E-state index in [2.05, 4.69) is 40.7 Å². The SMILES string of the molecule is C[C@@H]1C(=O)C(C#N)=C[C@]2(C)[C@H]3CC(=O)C4C5CC(C)(C)CC[C@]5(C(=O)O)CC[C@@]4(C)[C@]3(C)CC[C@@H]12. The molecule has 0 aromatic carbocycles. The number of carboxylic acid groups (broad SMARTS) is 1. The molecule has 5 nitrogen and oxygen atoms in total. The van der Waals surface area contributed by atoms with E-state index in [0.717, 1.165) is 32.1 Å². The zero-order valence-corrected chi connectivity index (χ0v) is 22.2. The van der Waals surface area contributed by atoms with E-state index in [0.29, 0.717) is 19.3 Å². The van der Waals surface area contributed by atoms with E-state index >= 15 is 0 Å². The summed E-state index contributed by atoms with van der Waals surface area (Å²) >= 11 is 0. The van der Waals surface area contributed by atoms with E-state index < -0.39 is 11.4 Å². The number of Topliss-reactive ketones (excluding diaryl/α,β-unsaturated/α-hetero) is 2. The van der Waals surface area contributed by atoms with Crippen molar-refractivity contribution in [2.75, 3.05) is 0 Å². The second-order valence-corrected chi connectivity index (χ2v) is 14.3. The van der Waals surface area contributed by atoms with E-state index in [1.54, 1.807) is 0 Å². The number of nitriles is 1. The van der Waals surface area contributed by atoms with E-state index in [4.69, 9.17) is 0 Å². The Morgan fingerprint density at radius 3 is 2.29 bits per heavy atom. The number of ketones is 2. The molecule has 0 aromatic heterocycles. The second kappa shape index (κ2) is 7.30. The maximum Gasteiger partial charge on any atom is 0.309 e. The zero-order chi connectivity index (χ0) is 25.8. The van der Waals surface area contributed by atoms with Crippen molar-refractivity contribution in [3.8, 4) is 6.07 Å². The van der Waals surface area contributed by atoms with Gasteiger partial charge in [-0.1, -0.05) is 47.6 Å². The van der Waals surface area contributed by atoms with Crippen LogP contribution in [-0.2, 0) is 14.4 Å². The first-order chi connectivity index (χ1) is 16.2. The quantitative estimate of drug-likeness (QED) is 0.499. The Kier molecular flexibility index (Phi) is 5.15. The highest BCUT2D eigenvalue weighted by Crippen LogP contribution is 2.75. The Morgan fingerprint density at radius 1 is 1.00 bits per heavy atom. The number of fused-ring (bicyclic) bond motifs is 7. The molecule has 0 aromatic rings. The van der Waals surface area contributed by atoms with E-state index in [-0.39, 0.29) is 68.4 Å². The molecule has 9 atom stereocenters. The molecule has 5 aliphatic rings. The molecule has 0 bridgehead atoms. The monoisotopic (exact) mass is 479 g/mol. The summed E-state index contributed by atoms with van der Waals surface area (Å²) in [5.41, 5.74) is -1.33. The van der Waals surface area contributed by atoms with Gasteiger partial charge in [0.25, 0.3) is 0 Å². The van der Waals surface area contributed by atoms with Crippen molar-refractivity contribution >= 4 is 17.5 Å². The van der Waals surface area contributed by atoms with Gasteiger partial charge < -0.3 is 5.11 Å². The summed E-state index contributed by atoms with van der Waals surface area (Å²) in [4.78, 5) is 39.8. The minimum Gasteiger partial charge on any atom is -0.481 e.